The fourth-order valence-electron chi connectivity index (χ4n) is 4.20. The Hall–Kier alpha value is -4.16. The molecule has 10 nitrogen and oxygen atoms in total. The number of aromatic amines is 1. The smallest absolute Gasteiger partial charge is 0.355 e. The molecule has 4 rings (SSSR count). The lowest BCUT2D eigenvalue weighted by Crippen LogP contribution is -2.13. The summed E-state index contributed by atoms with van der Waals surface area (Å²) in [7, 11) is -4.18. The van der Waals surface area contributed by atoms with E-state index < -0.39 is 33.7 Å². The van der Waals surface area contributed by atoms with Crippen molar-refractivity contribution < 1.29 is 36.7 Å². The van der Waals surface area contributed by atoms with Crippen LogP contribution >= 0.6 is 11.6 Å². The lowest BCUT2D eigenvalue weighted by Gasteiger charge is -2.10. The van der Waals surface area contributed by atoms with E-state index in [2.05, 4.69) is 15.0 Å². The van der Waals surface area contributed by atoms with E-state index in [-0.39, 0.29) is 57.6 Å². The summed E-state index contributed by atoms with van der Waals surface area (Å²) in [6, 6.07) is 7.51. The monoisotopic (exact) mass is 589 g/mol. The zero-order valence-corrected chi connectivity index (χ0v) is 23.3. The van der Waals surface area contributed by atoms with Crippen LogP contribution in [0, 0.1) is 12.7 Å². The van der Waals surface area contributed by atoms with Crippen molar-refractivity contribution in [1.82, 2.24) is 4.98 Å². The fourth-order valence-corrected chi connectivity index (χ4v) is 5.39. The minimum atomic E-state index is -4.18. The zero-order chi connectivity index (χ0) is 29.2. The number of nitrogens with one attached hydrogen (secondary N) is 3. The van der Waals surface area contributed by atoms with Gasteiger partial charge in [-0.25, -0.2) is 17.6 Å². The molecule has 0 atom stereocenters. The van der Waals surface area contributed by atoms with Crippen molar-refractivity contribution in [2.24, 2.45) is 0 Å². The van der Waals surface area contributed by atoms with Crippen LogP contribution in [0.15, 0.2) is 41.3 Å². The van der Waals surface area contributed by atoms with Crippen LogP contribution in [-0.2, 0) is 35.5 Å². The fraction of sp³-hybridized carbons (Fsp3) is 0.222. The number of aryl methyl sites for hydroxylation is 1. The molecule has 0 spiro atoms. The van der Waals surface area contributed by atoms with Gasteiger partial charge in [-0.05, 0) is 63.2 Å². The molecule has 3 N–H and O–H groups in total. The number of carbonyl (C=O) groups is 3. The van der Waals surface area contributed by atoms with Gasteiger partial charge in [0.15, 0.2) is 0 Å². The molecule has 0 unspecified atom stereocenters. The number of sulfonamides is 1. The average Bonchev–Trinajstić information content (AvgIpc) is 3.37. The van der Waals surface area contributed by atoms with Gasteiger partial charge in [0.1, 0.15) is 11.5 Å². The topological polar surface area (TPSA) is 144 Å². The molecule has 0 bridgehead atoms. The molecule has 1 aliphatic heterocycles. The number of fused-ring (bicyclic) bond motifs is 1. The summed E-state index contributed by atoms with van der Waals surface area (Å²) in [5.74, 6) is -2.57. The largest absolute Gasteiger partial charge is 0.466 e. The van der Waals surface area contributed by atoms with E-state index in [9.17, 15) is 27.2 Å². The summed E-state index contributed by atoms with van der Waals surface area (Å²) in [6.07, 6.45) is 1.21. The highest BCUT2D eigenvalue weighted by Crippen LogP contribution is 2.37. The predicted molar refractivity (Wildman–Crippen MR) is 147 cm³/mol. The van der Waals surface area contributed by atoms with Gasteiger partial charge in [-0.2, -0.15) is 0 Å². The van der Waals surface area contributed by atoms with Crippen LogP contribution in [0.1, 0.15) is 46.7 Å². The number of carbonyl (C=O) groups excluding carboxylic acids is 3. The Morgan fingerprint density at radius 3 is 2.50 bits per heavy atom. The summed E-state index contributed by atoms with van der Waals surface area (Å²) < 4.78 is 52.5. The normalized spacial score (nSPS) is 13.6. The van der Waals surface area contributed by atoms with E-state index in [0.29, 0.717) is 16.9 Å². The molecule has 3 aromatic rings. The molecule has 2 aromatic carbocycles. The Balaban J connectivity index is 1.77. The van der Waals surface area contributed by atoms with Gasteiger partial charge in [0.2, 0.25) is 0 Å². The number of hydrogen-bond acceptors (Lipinski definition) is 7. The Kier molecular flexibility index (Phi) is 8.31. The van der Waals surface area contributed by atoms with Crippen LogP contribution in [0.2, 0.25) is 5.02 Å². The molecule has 2 heterocycles. The standard InChI is InChI=1S/C27H25ClFN3O7S/c1-4-38-24(33)13-19-17(14(3)30-25(19)27(35)39-5-2)12-20-18-11-16(7-9-23(18)31-26(20)34)40(36,37)32-15-6-8-21(28)22(29)10-15/h6-12,30,32H,4-5,13H2,1-3H3,(H,31,34)/b20-12+. The molecule has 0 saturated carbocycles. The van der Waals surface area contributed by atoms with Crippen LogP contribution < -0.4 is 10.0 Å². The first-order chi connectivity index (χ1) is 18.9. The molecular formula is C27H25ClFN3O7S. The third kappa shape index (κ3) is 5.87. The lowest BCUT2D eigenvalue weighted by molar-refractivity contribution is -0.142. The molecular weight excluding hydrogens is 565 g/mol. The number of anilines is 2. The number of esters is 2. The maximum Gasteiger partial charge on any atom is 0.355 e. The molecule has 13 heteroatoms. The number of H-pyrrole nitrogens is 1. The van der Waals surface area contributed by atoms with Gasteiger partial charge in [0, 0.05) is 33.6 Å². The Morgan fingerprint density at radius 1 is 1.10 bits per heavy atom. The van der Waals surface area contributed by atoms with Gasteiger partial charge in [-0.3, -0.25) is 14.3 Å². The van der Waals surface area contributed by atoms with E-state index in [1.165, 1.54) is 36.4 Å². The first-order valence-electron chi connectivity index (χ1n) is 12.1. The number of amides is 1. The van der Waals surface area contributed by atoms with Crippen LogP contribution in [0.25, 0.3) is 11.6 Å². The van der Waals surface area contributed by atoms with Crippen molar-refractivity contribution in [2.45, 2.75) is 32.1 Å². The first-order valence-corrected chi connectivity index (χ1v) is 14.0. The van der Waals surface area contributed by atoms with Crippen LogP contribution in [-0.4, -0.2) is 44.5 Å². The summed E-state index contributed by atoms with van der Waals surface area (Å²) >= 11 is 5.68. The quantitative estimate of drug-likeness (QED) is 0.243. The second-order valence-electron chi connectivity index (χ2n) is 8.67. The van der Waals surface area contributed by atoms with Gasteiger partial charge in [0.05, 0.1) is 35.2 Å². The van der Waals surface area contributed by atoms with Crippen molar-refractivity contribution in [3.05, 3.63) is 75.3 Å². The van der Waals surface area contributed by atoms with E-state index >= 15 is 0 Å². The highest BCUT2D eigenvalue weighted by atomic mass is 35.5. The summed E-state index contributed by atoms with van der Waals surface area (Å²) in [5, 5.41) is 2.52. The van der Waals surface area contributed by atoms with Gasteiger partial charge >= 0.3 is 11.9 Å². The molecule has 210 valence electrons. The molecule has 40 heavy (non-hydrogen) atoms. The average molecular weight is 590 g/mol. The third-order valence-electron chi connectivity index (χ3n) is 5.99. The van der Waals surface area contributed by atoms with Crippen molar-refractivity contribution >= 4 is 62.5 Å². The molecule has 0 radical (unpaired) electrons. The summed E-state index contributed by atoms with van der Waals surface area (Å²) in [4.78, 5) is 40.7. The molecule has 1 amide bonds. The number of hydrogen-bond donors (Lipinski definition) is 3. The maximum absolute atomic E-state index is 13.8. The Labute approximate surface area is 234 Å². The Morgan fingerprint density at radius 2 is 1.82 bits per heavy atom. The number of aromatic nitrogens is 1. The van der Waals surface area contributed by atoms with E-state index in [4.69, 9.17) is 21.1 Å². The third-order valence-corrected chi connectivity index (χ3v) is 7.68. The number of halogens is 2. The van der Waals surface area contributed by atoms with Crippen molar-refractivity contribution in [3.63, 3.8) is 0 Å². The van der Waals surface area contributed by atoms with E-state index in [0.717, 1.165) is 6.07 Å². The highest BCUT2D eigenvalue weighted by Gasteiger charge is 2.29. The van der Waals surface area contributed by atoms with Crippen LogP contribution in [0.5, 0.6) is 0 Å². The molecule has 0 saturated heterocycles. The molecule has 1 aliphatic rings. The molecule has 0 aliphatic carbocycles. The number of rotatable bonds is 9. The van der Waals surface area contributed by atoms with Gasteiger partial charge < -0.3 is 19.8 Å². The van der Waals surface area contributed by atoms with Crippen molar-refractivity contribution in [3.8, 4) is 0 Å². The zero-order valence-electron chi connectivity index (χ0n) is 21.7. The summed E-state index contributed by atoms with van der Waals surface area (Å²) in [6.45, 7) is 5.20. The minimum absolute atomic E-state index is 0.0367. The SMILES string of the molecule is CCOC(=O)Cc1c(C(=O)OCC)[nH]c(C)c1/C=C1/C(=O)Nc2ccc(S(=O)(=O)Nc3ccc(Cl)c(F)c3)cc21. The second-order valence-corrected chi connectivity index (χ2v) is 10.8. The predicted octanol–water partition coefficient (Wildman–Crippen LogP) is 4.69. The van der Waals surface area contributed by atoms with Gasteiger partial charge in [-0.15, -0.1) is 0 Å². The number of ether oxygens (including phenoxy) is 2. The minimum Gasteiger partial charge on any atom is -0.466 e. The van der Waals surface area contributed by atoms with E-state index in [1.807, 2.05) is 0 Å². The Bertz CT molecular complexity index is 1660. The van der Waals surface area contributed by atoms with Gasteiger partial charge in [0.25, 0.3) is 15.9 Å². The molecule has 1 aromatic heterocycles. The summed E-state index contributed by atoms with van der Waals surface area (Å²) in [5.41, 5.74) is 1.89. The van der Waals surface area contributed by atoms with Crippen molar-refractivity contribution in [2.75, 3.05) is 23.3 Å². The van der Waals surface area contributed by atoms with Crippen LogP contribution in [0.3, 0.4) is 0 Å². The van der Waals surface area contributed by atoms with E-state index in [1.54, 1.807) is 20.8 Å². The highest BCUT2D eigenvalue weighted by molar-refractivity contribution is 7.92. The number of benzene rings is 2. The van der Waals surface area contributed by atoms with Crippen molar-refractivity contribution in [1.29, 1.82) is 0 Å². The first kappa shape index (κ1) is 28.8. The second kappa shape index (κ2) is 11.5. The van der Waals surface area contributed by atoms with Crippen LogP contribution in [0.4, 0.5) is 15.8 Å². The molecule has 0 fully saturated rings. The van der Waals surface area contributed by atoms with Gasteiger partial charge in [-0.1, -0.05) is 11.6 Å². The maximum atomic E-state index is 13.8. The lowest BCUT2D eigenvalue weighted by atomic mass is 9.99.